The van der Waals surface area contributed by atoms with Crippen LogP contribution in [0.25, 0.3) is 0 Å². The lowest BCUT2D eigenvalue weighted by atomic mass is 9.79. The number of amides is 1. The number of nitrogens with zero attached hydrogens (tertiary/aromatic N) is 2. The van der Waals surface area contributed by atoms with E-state index in [4.69, 9.17) is 0 Å². The van der Waals surface area contributed by atoms with Gasteiger partial charge in [-0.05, 0) is 12.8 Å². The molecule has 1 amide bonds. The van der Waals surface area contributed by atoms with E-state index in [1.165, 1.54) is 0 Å². The smallest absolute Gasteiger partial charge is 0.255 e. The van der Waals surface area contributed by atoms with Crippen molar-refractivity contribution in [3.63, 3.8) is 0 Å². The molecule has 0 aromatic rings. The summed E-state index contributed by atoms with van der Waals surface area (Å²) in [6.45, 7) is 1.76. The van der Waals surface area contributed by atoms with Crippen molar-refractivity contribution in [3.05, 3.63) is 0 Å². The molecule has 116 valence electrons. The van der Waals surface area contributed by atoms with Crippen molar-refractivity contribution in [1.82, 2.24) is 15.5 Å². The molecule has 0 bridgehead atoms. The van der Waals surface area contributed by atoms with E-state index in [-0.39, 0.29) is 35.3 Å². The molecule has 1 unspecified atom stereocenters. The fraction of sp³-hybridized carbons (Fsp3) is 0.833. The molecule has 2 heterocycles. The first-order chi connectivity index (χ1) is 9.04. The highest BCUT2D eigenvalue weighted by atomic mass is 127. The van der Waals surface area contributed by atoms with Crippen LogP contribution in [0.4, 0.5) is 8.78 Å². The van der Waals surface area contributed by atoms with Crippen molar-refractivity contribution < 1.29 is 13.6 Å². The number of piperidine rings is 1. The second kappa shape index (κ2) is 7.37. The molecule has 2 fully saturated rings. The second-order valence-electron chi connectivity index (χ2n) is 5.30. The Morgan fingerprint density at radius 2 is 2.35 bits per heavy atom. The summed E-state index contributed by atoms with van der Waals surface area (Å²) in [5.74, 6) is 0.580. The predicted molar refractivity (Wildman–Crippen MR) is 83.6 cm³/mol. The van der Waals surface area contributed by atoms with E-state index < -0.39 is 13.0 Å². The maximum atomic E-state index is 12.3. The van der Waals surface area contributed by atoms with Gasteiger partial charge in [-0.25, -0.2) is 8.78 Å². The van der Waals surface area contributed by atoms with E-state index in [1.807, 2.05) is 4.90 Å². The van der Waals surface area contributed by atoms with Gasteiger partial charge in [0.15, 0.2) is 5.96 Å². The highest BCUT2D eigenvalue weighted by molar-refractivity contribution is 14.0. The molecule has 8 heteroatoms. The van der Waals surface area contributed by atoms with Gasteiger partial charge in [0.2, 0.25) is 5.91 Å². The van der Waals surface area contributed by atoms with Crippen LogP contribution in [0, 0.1) is 5.41 Å². The maximum Gasteiger partial charge on any atom is 0.255 e. The molecule has 0 saturated carbocycles. The summed E-state index contributed by atoms with van der Waals surface area (Å²) in [4.78, 5) is 17.4. The third kappa shape index (κ3) is 4.16. The van der Waals surface area contributed by atoms with E-state index in [0.717, 1.165) is 19.4 Å². The Hall–Kier alpha value is -0.670. The molecule has 2 saturated heterocycles. The fourth-order valence-corrected chi connectivity index (χ4v) is 2.93. The van der Waals surface area contributed by atoms with Crippen LogP contribution in [0.15, 0.2) is 4.99 Å². The minimum Gasteiger partial charge on any atom is -0.355 e. The molecule has 2 aliphatic heterocycles. The van der Waals surface area contributed by atoms with Crippen LogP contribution in [0.1, 0.15) is 19.3 Å². The number of guanidine groups is 1. The van der Waals surface area contributed by atoms with Crippen LogP contribution in [0.2, 0.25) is 0 Å². The number of likely N-dealkylation sites (tertiary alicyclic amines) is 1. The first-order valence-corrected chi connectivity index (χ1v) is 6.55. The number of hydrogen-bond donors (Lipinski definition) is 2. The van der Waals surface area contributed by atoms with Crippen LogP contribution in [0.5, 0.6) is 0 Å². The zero-order chi connectivity index (χ0) is 13.9. The minimum absolute atomic E-state index is 0. The quantitative estimate of drug-likeness (QED) is 0.413. The lowest BCUT2D eigenvalue weighted by Crippen LogP contribution is -2.51. The van der Waals surface area contributed by atoms with E-state index in [2.05, 4.69) is 15.6 Å². The van der Waals surface area contributed by atoms with Crippen molar-refractivity contribution in [2.45, 2.75) is 25.7 Å². The Morgan fingerprint density at radius 3 is 2.90 bits per heavy atom. The molecule has 20 heavy (non-hydrogen) atoms. The molecule has 5 nitrogen and oxygen atoms in total. The lowest BCUT2D eigenvalue weighted by Gasteiger charge is -2.40. The Morgan fingerprint density at radius 1 is 1.60 bits per heavy atom. The number of carbonyl (C=O) groups excluding carboxylic acids is 1. The Labute approximate surface area is 134 Å². The topological polar surface area (TPSA) is 56.7 Å². The van der Waals surface area contributed by atoms with Gasteiger partial charge in [0.1, 0.15) is 0 Å². The summed E-state index contributed by atoms with van der Waals surface area (Å²) in [7, 11) is 1.59. The SMILES string of the molecule is CN=C(NCC(F)F)N1CCCC2(CNC(=O)C2)C1.I. The number of carbonyl (C=O) groups is 1. The molecule has 2 rings (SSSR count). The first-order valence-electron chi connectivity index (χ1n) is 6.55. The van der Waals surface area contributed by atoms with Gasteiger partial charge in [0, 0.05) is 38.5 Å². The third-order valence-corrected chi connectivity index (χ3v) is 3.78. The van der Waals surface area contributed by atoms with Crippen molar-refractivity contribution >= 4 is 35.8 Å². The van der Waals surface area contributed by atoms with Gasteiger partial charge in [-0.2, -0.15) is 0 Å². The van der Waals surface area contributed by atoms with Gasteiger partial charge < -0.3 is 15.5 Å². The van der Waals surface area contributed by atoms with Gasteiger partial charge in [-0.1, -0.05) is 0 Å². The van der Waals surface area contributed by atoms with E-state index in [1.54, 1.807) is 7.05 Å². The summed E-state index contributed by atoms with van der Waals surface area (Å²) in [5.41, 5.74) is -0.0578. The summed E-state index contributed by atoms with van der Waals surface area (Å²) < 4.78 is 24.5. The number of alkyl halides is 2. The largest absolute Gasteiger partial charge is 0.355 e. The van der Waals surface area contributed by atoms with Crippen LogP contribution >= 0.6 is 24.0 Å². The summed E-state index contributed by atoms with van der Waals surface area (Å²) >= 11 is 0. The minimum atomic E-state index is -2.40. The maximum absolute atomic E-state index is 12.3. The van der Waals surface area contributed by atoms with Crippen molar-refractivity contribution in [2.24, 2.45) is 10.4 Å². The van der Waals surface area contributed by atoms with Crippen LogP contribution in [-0.2, 0) is 4.79 Å². The van der Waals surface area contributed by atoms with Crippen LogP contribution in [-0.4, -0.2) is 56.4 Å². The predicted octanol–water partition coefficient (Wildman–Crippen LogP) is 1.05. The Kier molecular flexibility index (Phi) is 6.41. The standard InChI is InChI=1S/C12H20F2N4O.HI/c1-15-11(16-6-9(13)14)18-4-2-3-12(8-18)5-10(19)17-7-12;/h9H,2-8H2,1H3,(H,15,16)(H,17,19);1H. The Balaban J connectivity index is 0.00000200. The Bertz CT molecular complexity index is 380. The summed E-state index contributed by atoms with van der Waals surface area (Å²) in [6.07, 6.45) is 0.0681. The first kappa shape index (κ1) is 17.4. The molecular formula is C12H21F2IN4O. The average molecular weight is 402 g/mol. The monoisotopic (exact) mass is 402 g/mol. The van der Waals surface area contributed by atoms with Gasteiger partial charge in [-0.15, -0.1) is 24.0 Å². The number of aliphatic imine (C=N–C) groups is 1. The van der Waals surface area contributed by atoms with Crippen molar-refractivity contribution in [2.75, 3.05) is 33.2 Å². The van der Waals surface area contributed by atoms with E-state index in [0.29, 0.717) is 25.5 Å². The van der Waals surface area contributed by atoms with Crippen LogP contribution < -0.4 is 10.6 Å². The molecule has 0 aromatic heterocycles. The normalized spacial score (nSPS) is 26.7. The van der Waals surface area contributed by atoms with Gasteiger partial charge >= 0.3 is 0 Å². The molecule has 0 aromatic carbocycles. The highest BCUT2D eigenvalue weighted by Crippen LogP contribution is 2.35. The molecule has 2 aliphatic rings. The molecule has 1 spiro atoms. The lowest BCUT2D eigenvalue weighted by molar-refractivity contribution is -0.119. The van der Waals surface area contributed by atoms with Crippen molar-refractivity contribution in [3.8, 4) is 0 Å². The number of rotatable bonds is 2. The zero-order valence-corrected chi connectivity index (χ0v) is 13.8. The van der Waals surface area contributed by atoms with E-state index >= 15 is 0 Å². The van der Waals surface area contributed by atoms with E-state index in [9.17, 15) is 13.6 Å². The summed E-state index contributed by atoms with van der Waals surface area (Å²) in [5, 5.41) is 5.54. The number of nitrogens with one attached hydrogen (secondary N) is 2. The second-order valence-corrected chi connectivity index (χ2v) is 5.30. The van der Waals surface area contributed by atoms with Gasteiger partial charge in [0.05, 0.1) is 6.54 Å². The number of halogens is 3. The molecule has 0 aliphatic carbocycles. The zero-order valence-electron chi connectivity index (χ0n) is 11.5. The highest BCUT2D eigenvalue weighted by Gasteiger charge is 2.42. The molecular weight excluding hydrogens is 381 g/mol. The average Bonchev–Trinajstić information content (AvgIpc) is 2.71. The fourth-order valence-electron chi connectivity index (χ4n) is 2.93. The third-order valence-electron chi connectivity index (χ3n) is 3.78. The summed E-state index contributed by atoms with van der Waals surface area (Å²) in [6, 6.07) is 0. The molecule has 2 N–H and O–H groups in total. The molecule has 1 atom stereocenters. The number of hydrogen-bond acceptors (Lipinski definition) is 2. The molecule has 0 radical (unpaired) electrons. The van der Waals surface area contributed by atoms with Gasteiger partial charge in [0.25, 0.3) is 6.43 Å². The van der Waals surface area contributed by atoms with Gasteiger partial charge in [-0.3, -0.25) is 9.79 Å². The van der Waals surface area contributed by atoms with Crippen molar-refractivity contribution in [1.29, 1.82) is 0 Å². The van der Waals surface area contributed by atoms with Crippen LogP contribution in [0.3, 0.4) is 0 Å².